The number of carbonyl (C=O) groups is 2. The number of hydrogen-bond donors (Lipinski definition) is 2. The number of Topliss-reactive ketones (excluding diaryl/α,β-unsaturated/α-hetero) is 1. The minimum Gasteiger partial charge on any atom is -0.486 e. The third-order valence-corrected chi connectivity index (χ3v) is 8.78. The summed E-state index contributed by atoms with van der Waals surface area (Å²) in [6, 6.07) is 15.1. The number of benzene rings is 2. The van der Waals surface area contributed by atoms with E-state index in [0.29, 0.717) is 54.7 Å². The van der Waals surface area contributed by atoms with Gasteiger partial charge in [0.25, 0.3) is 5.91 Å². The second-order valence-electron chi connectivity index (χ2n) is 11.5. The number of fused-ring (bicyclic) bond motifs is 2. The molecule has 8 rings (SSSR count). The molecule has 3 aliphatic rings. The first-order valence-corrected chi connectivity index (χ1v) is 14.2. The number of likely N-dealkylation sites (tertiary alicyclic amines) is 1. The molecule has 2 aromatic carbocycles. The molecule has 11 heteroatoms. The maximum absolute atomic E-state index is 13.8. The molecule has 1 saturated carbocycles. The van der Waals surface area contributed by atoms with Crippen molar-refractivity contribution in [2.45, 2.75) is 43.7 Å². The van der Waals surface area contributed by atoms with Crippen LogP contribution in [0.25, 0.3) is 33.4 Å². The molecule has 0 unspecified atom stereocenters. The normalized spacial score (nSPS) is 17.8. The summed E-state index contributed by atoms with van der Waals surface area (Å²) >= 11 is 0. The van der Waals surface area contributed by atoms with Gasteiger partial charge in [0.2, 0.25) is 11.4 Å². The van der Waals surface area contributed by atoms with Gasteiger partial charge in [0.15, 0.2) is 5.78 Å². The number of pyridine rings is 1. The van der Waals surface area contributed by atoms with Gasteiger partial charge in [-0.3, -0.25) is 14.4 Å². The van der Waals surface area contributed by atoms with E-state index in [1.807, 2.05) is 35.2 Å². The Morgan fingerprint density at radius 2 is 1.81 bits per heavy atom. The zero-order chi connectivity index (χ0) is 28.4. The van der Waals surface area contributed by atoms with Crippen LogP contribution in [0.15, 0.2) is 65.7 Å². The SMILES string of the molecule is O=C1CC2(CCN(C(=O)c3cc(-c4nn[nH]n4)c4ccn(C5CC5)c4c3)CC2)Oc2ccc(-c3ccc(=O)[nH]c3)cc21. The van der Waals surface area contributed by atoms with Gasteiger partial charge >= 0.3 is 0 Å². The van der Waals surface area contributed by atoms with Crippen molar-refractivity contribution in [3.8, 4) is 28.3 Å². The van der Waals surface area contributed by atoms with Crippen molar-refractivity contribution in [2.75, 3.05) is 13.1 Å². The fraction of sp³-hybridized carbons (Fsp3) is 0.290. The van der Waals surface area contributed by atoms with Gasteiger partial charge in [0.1, 0.15) is 11.4 Å². The fourth-order valence-corrected chi connectivity index (χ4v) is 6.36. The van der Waals surface area contributed by atoms with Crippen molar-refractivity contribution in [1.82, 2.24) is 35.1 Å². The molecule has 1 saturated heterocycles. The van der Waals surface area contributed by atoms with Crippen molar-refractivity contribution in [3.05, 3.63) is 82.4 Å². The molecule has 1 aliphatic carbocycles. The summed E-state index contributed by atoms with van der Waals surface area (Å²) in [5.41, 5.74) is 3.74. The Labute approximate surface area is 239 Å². The van der Waals surface area contributed by atoms with Crippen LogP contribution in [0.4, 0.5) is 0 Å². The molecule has 0 radical (unpaired) electrons. The molecule has 1 spiro atoms. The van der Waals surface area contributed by atoms with E-state index in [-0.39, 0.29) is 23.7 Å². The first-order valence-electron chi connectivity index (χ1n) is 14.2. The number of amides is 1. The van der Waals surface area contributed by atoms with Gasteiger partial charge in [-0.25, -0.2) is 0 Å². The van der Waals surface area contributed by atoms with Gasteiger partial charge in [-0.05, 0) is 65.6 Å². The minimum absolute atomic E-state index is 0.0262. The molecule has 0 atom stereocenters. The minimum atomic E-state index is -0.638. The van der Waals surface area contributed by atoms with Crippen molar-refractivity contribution in [3.63, 3.8) is 0 Å². The molecule has 1 amide bonds. The summed E-state index contributed by atoms with van der Waals surface area (Å²) in [6.45, 7) is 0.965. The highest BCUT2D eigenvalue weighted by molar-refractivity contribution is 6.04. The largest absolute Gasteiger partial charge is 0.486 e. The van der Waals surface area contributed by atoms with E-state index >= 15 is 0 Å². The van der Waals surface area contributed by atoms with Crippen LogP contribution in [-0.2, 0) is 0 Å². The number of aromatic amines is 2. The summed E-state index contributed by atoms with van der Waals surface area (Å²) in [6.07, 6.45) is 7.35. The standard InChI is InChI=1S/C31H27N7O4/c39-26-16-31(42-27-5-1-18(13-24(26)27)19-2-6-28(40)32-17-19)8-11-37(12-9-31)30(41)20-14-23(29-33-35-36-34-29)22-7-10-38(21-3-4-21)25(22)15-20/h1-2,5-7,10,13-15,17,21H,3-4,8-9,11-12,16H2,(H,32,40)(H,33,34,35,36). The molecule has 5 aromatic rings. The first kappa shape index (κ1) is 24.7. The van der Waals surface area contributed by atoms with Crippen molar-refractivity contribution >= 4 is 22.6 Å². The Morgan fingerprint density at radius 3 is 2.55 bits per heavy atom. The van der Waals surface area contributed by atoms with E-state index in [0.717, 1.165) is 40.4 Å². The smallest absolute Gasteiger partial charge is 0.253 e. The van der Waals surface area contributed by atoms with Crippen molar-refractivity contribution in [1.29, 1.82) is 0 Å². The zero-order valence-corrected chi connectivity index (χ0v) is 22.7. The molecule has 11 nitrogen and oxygen atoms in total. The van der Waals surface area contributed by atoms with Crippen LogP contribution in [0.5, 0.6) is 5.75 Å². The van der Waals surface area contributed by atoms with Crippen LogP contribution >= 0.6 is 0 Å². The fourth-order valence-electron chi connectivity index (χ4n) is 6.36. The Bertz CT molecular complexity index is 1910. The number of ketones is 1. The highest BCUT2D eigenvalue weighted by Gasteiger charge is 2.44. The summed E-state index contributed by atoms with van der Waals surface area (Å²) in [4.78, 5) is 43.1. The van der Waals surface area contributed by atoms with Gasteiger partial charge < -0.3 is 19.2 Å². The second kappa shape index (κ2) is 9.23. The van der Waals surface area contributed by atoms with Crippen LogP contribution in [0.2, 0.25) is 0 Å². The van der Waals surface area contributed by atoms with Crippen LogP contribution in [0.1, 0.15) is 58.9 Å². The van der Waals surface area contributed by atoms with Gasteiger partial charge in [-0.15, -0.1) is 10.2 Å². The van der Waals surface area contributed by atoms with E-state index in [2.05, 4.69) is 42.4 Å². The van der Waals surface area contributed by atoms with Crippen LogP contribution in [-0.4, -0.2) is 65.5 Å². The molecule has 2 fully saturated rings. The van der Waals surface area contributed by atoms with E-state index in [1.54, 1.807) is 12.3 Å². The number of ether oxygens (including phenoxy) is 1. The van der Waals surface area contributed by atoms with Gasteiger partial charge in [-0.1, -0.05) is 6.07 Å². The molecular formula is C31H27N7O4. The average molecular weight is 562 g/mol. The summed E-state index contributed by atoms with van der Waals surface area (Å²) in [7, 11) is 0. The molecule has 0 bridgehead atoms. The topological polar surface area (TPSA) is 139 Å². The number of piperidine rings is 1. The maximum atomic E-state index is 13.8. The van der Waals surface area contributed by atoms with E-state index in [9.17, 15) is 14.4 Å². The number of hydrogen-bond acceptors (Lipinski definition) is 7. The molecule has 210 valence electrons. The molecule has 42 heavy (non-hydrogen) atoms. The Kier molecular flexibility index (Phi) is 5.43. The Morgan fingerprint density at radius 1 is 0.976 bits per heavy atom. The Balaban J connectivity index is 1.03. The number of nitrogens with zero attached hydrogens (tertiary/aromatic N) is 5. The van der Waals surface area contributed by atoms with Crippen LogP contribution in [0.3, 0.4) is 0 Å². The molecule has 3 aromatic heterocycles. The number of aromatic nitrogens is 6. The van der Waals surface area contributed by atoms with Gasteiger partial charge in [-0.2, -0.15) is 5.21 Å². The highest BCUT2D eigenvalue weighted by atomic mass is 16.5. The van der Waals surface area contributed by atoms with E-state index in [1.165, 1.54) is 6.07 Å². The monoisotopic (exact) mass is 561 g/mol. The third kappa shape index (κ3) is 4.11. The molecule has 2 N–H and O–H groups in total. The van der Waals surface area contributed by atoms with Crippen molar-refractivity contribution < 1.29 is 14.3 Å². The average Bonchev–Trinajstić information content (AvgIpc) is 3.51. The van der Waals surface area contributed by atoms with Crippen LogP contribution < -0.4 is 10.3 Å². The first-order chi connectivity index (χ1) is 20.5. The number of H-pyrrole nitrogens is 2. The lowest BCUT2D eigenvalue weighted by molar-refractivity contribution is -0.00569. The van der Waals surface area contributed by atoms with E-state index < -0.39 is 5.60 Å². The second-order valence-corrected chi connectivity index (χ2v) is 11.5. The molecular weight excluding hydrogens is 534 g/mol. The quantitative estimate of drug-likeness (QED) is 0.336. The number of rotatable bonds is 4. The predicted molar refractivity (Wildman–Crippen MR) is 153 cm³/mol. The summed E-state index contributed by atoms with van der Waals surface area (Å²) in [5.74, 6) is 0.985. The third-order valence-electron chi connectivity index (χ3n) is 8.78. The lowest BCUT2D eigenvalue weighted by Gasteiger charge is -2.44. The predicted octanol–water partition coefficient (Wildman–Crippen LogP) is 4.15. The lowest BCUT2D eigenvalue weighted by atomic mass is 9.82. The highest BCUT2D eigenvalue weighted by Crippen LogP contribution is 2.42. The van der Waals surface area contributed by atoms with Crippen LogP contribution in [0, 0.1) is 0 Å². The zero-order valence-electron chi connectivity index (χ0n) is 22.7. The maximum Gasteiger partial charge on any atom is 0.253 e. The number of carbonyl (C=O) groups excluding carboxylic acids is 2. The number of nitrogens with one attached hydrogen (secondary N) is 2. The Hall–Kier alpha value is -5.06. The lowest BCUT2D eigenvalue weighted by Crippen LogP contribution is -2.52. The van der Waals surface area contributed by atoms with Gasteiger partial charge in [0.05, 0.1) is 12.0 Å². The van der Waals surface area contributed by atoms with Crippen molar-refractivity contribution in [2.24, 2.45) is 0 Å². The molecule has 5 heterocycles. The van der Waals surface area contributed by atoms with Gasteiger partial charge in [0, 0.05) is 72.5 Å². The molecule has 2 aliphatic heterocycles. The summed E-state index contributed by atoms with van der Waals surface area (Å²) in [5, 5.41) is 15.6. The van der Waals surface area contributed by atoms with E-state index in [4.69, 9.17) is 4.74 Å². The number of tetrazole rings is 1. The summed E-state index contributed by atoms with van der Waals surface area (Å²) < 4.78 is 8.73.